The predicted octanol–water partition coefficient (Wildman–Crippen LogP) is 4.10. The van der Waals surface area contributed by atoms with Crippen LogP contribution in [0.2, 0.25) is 0 Å². The molecule has 1 N–H and O–H groups in total. The summed E-state index contributed by atoms with van der Waals surface area (Å²) in [7, 11) is 1.71. The van der Waals surface area contributed by atoms with Gasteiger partial charge in [-0.1, -0.05) is 30.3 Å². The molecular formula is C19H20ClNO2. The van der Waals surface area contributed by atoms with Crippen LogP contribution in [0.4, 0.5) is 0 Å². The summed E-state index contributed by atoms with van der Waals surface area (Å²) in [6.45, 7) is 1.85. The van der Waals surface area contributed by atoms with Crippen molar-refractivity contribution in [2.45, 2.75) is 19.4 Å². The Balaban J connectivity index is 0.00000156. The lowest BCUT2D eigenvalue weighted by Crippen LogP contribution is -2.22. The van der Waals surface area contributed by atoms with E-state index < -0.39 is 0 Å². The van der Waals surface area contributed by atoms with Crippen LogP contribution in [0.5, 0.6) is 5.75 Å². The second kappa shape index (κ2) is 6.65. The molecule has 2 heterocycles. The van der Waals surface area contributed by atoms with Crippen LogP contribution in [0, 0.1) is 0 Å². The highest BCUT2D eigenvalue weighted by atomic mass is 35.5. The van der Waals surface area contributed by atoms with Crippen LogP contribution in [0.15, 0.2) is 46.9 Å². The largest absolute Gasteiger partial charge is 0.493 e. The first-order valence-electron chi connectivity index (χ1n) is 7.71. The molecule has 4 rings (SSSR count). The molecule has 0 bridgehead atoms. The average molecular weight is 330 g/mol. The summed E-state index contributed by atoms with van der Waals surface area (Å²) in [6, 6.07) is 14.9. The molecular weight excluding hydrogens is 310 g/mol. The van der Waals surface area contributed by atoms with E-state index in [2.05, 4.69) is 41.7 Å². The molecule has 1 aliphatic heterocycles. The zero-order valence-electron chi connectivity index (χ0n) is 13.1. The molecule has 0 saturated carbocycles. The molecule has 4 heteroatoms. The maximum atomic E-state index is 6.05. The van der Waals surface area contributed by atoms with Gasteiger partial charge < -0.3 is 14.5 Å². The third-order valence-electron chi connectivity index (χ3n) is 4.30. The molecule has 0 radical (unpaired) electrons. The molecule has 2 aromatic carbocycles. The Morgan fingerprint density at radius 2 is 1.96 bits per heavy atom. The van der Waals surface area contributed by atoms with E-state index in [0.717, 1.165) is 43.0 Å². The van der Waals surface area contributed by atoms with Gasteiger partial charge in [-0.25, -0.2) is 0 Å². The topological polar surface area (TPSA) is 34.4 Å². The number of methoxy groups -OCH3 is 1. The van der Waals surface area contributed by atoms with E-state index in [4.69, 9.17) is 9.15 Å². The summed E-state index contributed by atoms with van der Waals surface area (Å²) in [4.78, 5) is 0. The van der Waals surface area contributed by atoms with Crippen molar-refractivity contribution in [3.05, 3.63) is 64.9 Å². The Bertz CT molecular complexity index is 811. The first-order valence-corrected chi connectivity index (χ1v) is 7.71. The second-order valence-corrected chi connectivity index (χ2v) is 5.77. The molecule has 1 aromatic heterocycles. The fraction of sp³-hybridized carbons (Fsp3) is 0.263. The average Bonchev–Trinajstić information content (AvgIpc) is 2.94. The molecule has 3 aromatic rings. The summed E-state index contributed by atoms with van der Waals surface area (Å²) >= 11 is 0. The minimum absolute atomic E-state index is 0. The van der Waals surface area contributed by atoms with Gasteiger partial charge in [0.05, 0.1) is 7.11 Å². The van der Waals surface area contributed by atoms with Crippen LogP contribution in [-0.4, -0.2) is 13.7 Å². The van der Waals surface area contributed by atoms with Crippen molar-refractivity contribution in [3.8, 4) is 5.75 Å². The third-order valence-corrected chi connectivity index (χ3v) is 4.30. The van der Waals surface area contributed by atoms with Gasteiger partial charge >= 0.3 is 0 Å². The van der Waals surface area contributed by atoms with E-state index in [-0.39, 0.29) is 12.4 Å². The third kappa shape index (κ3) is 2.94. The molecule has 0 atom stereocenters. The van der Waals surface area contributed by atoms with Gasteiger partial charge in [-0.05, 0) is 29.7 Å². The van der Waals surface area contributed by atoms with Crippen LogP contribution in [0.3, 0.4) is 0 Å². The highest BCUT2D eigenvalue weighted by molar-refractivity contribution is 5.88. The smallest absolute Gasteiger partial charge is 0.176 e. The van der Waals surface area contributed by atoms with Crippen molar-refractivity contribution in [1.29, 1.82) is 0 Å². The molecule has 0 fully saturated rings. The van der Waals surface area contributed by atoms with Crippen LogP contribution in [-0.2, 0) is 19.4 Å². The van der Waals surface area contributed by atoms with Gasteiger partial charge in [-0.15, -0.1) is 12.4 Å². The summed E-state index contributed by atoms with van der Waals surface area (Å²) in [5, 5.41) is 4.61. The van der Waals surface area contributed by atoms with E-state index >= 15 is 0 Å². The van der Waals surface area contributed by atoms with E-state index in [1.807, 2.05) is 6.07 Å². The van der Waals surface area contributed by atoms with Gasteiger partial charge in [-0.2, -0.15) is 0 Å². The summed E-state index contributed by atoms with van der Waals surface area (Å²) in [5.74, 6) is 1.93. The number of hydrogen-bond acceptors (Lipinski definition) is 3. The minimum atomic E-state index is 0. The Morgan fingerprint density at radius 1 is 1.13 bits per heavy atom. The number of furan rings is 1. The van der Waals surface area contributed by atoms with Gasteiger partial charge in [0.15, 0.2) is 11.3 Å². The molecule has 0 spiro atoms. The second-order valence-electron chi connectivity index (χ2n) is 5.77. The van der Waals surface area contributed by atoms with E-state index in [1.54, 1.807) is 7.11 Å². The Labute approximate surface area is 142 Å². The Morgan fingerprint density at radius 3 is 2.74 bits per heavy atom. The number of fused-ring (bicyclic) bond motifs is 3. The normalized spacial score (nSPS) is 13.4. The number of ether oxygens (including phenoxy) is 1. The van der Waals surface area contributed by atoms with Crippen LogP contribution in [0.1, 0.15) is 22.5 Å². The van der Waals surface area contributed by atoms with Crippen LogP contribution >= 0.6 is 12.4 Å². The lowest BCUT2D eigenvalue weighted by molar-refractivity contribution is 0.405. The van der Waals surface area contributed by atoms with Crippen molar-refractivity contribution in [2.75, 3.05) is 13.7 Å². The highest BCUT2D eigenvalue weighted by Gasteiger charge is 2.20. The monoisotopic (exact) mass is 329 g/mol. The first-order chi connectivity index (χ1) is 10.8. The molecule has 23 heavy (non-hydrogen) atoms. The van der Waals surface area contributed by atoms with Crippen LogP contribution in [0.25, 0.3) is 11.0 Å². The fourth-order valence-electron chi connectivity index (χ4n) is 3.22. The number of hydrogen-bond donors (Lipinski definition) is 1. The first kappa shape index (κ1) is 15.9. The molecule has 0 unspecified atom stereocenters. The van der Waals surface area contributed by atoms with Crippen LogP contribution < -0.4 is 10.1 Å². The van der Waals surface area contributed by atoms with E-state index in [1.165, 1.54) is 22.1 Å². The van der Waals surface area contributed by atoms with Gasteiger partial charge in [0.25, 0.3) is 0 Å². The van der Waals surface area contributed by atoms with Gasteiger partial charge in [0.1, 0.15) is 5.76 Å². The lowest BCUT2D eigenvalue weighted by Gasteiger charge is -2.11. The quantitative estimate of drug-likeness (QED) is 0.785. The molecule has 3 nitrogen and oxygen atoms in total. The number of rotatable bonds is 3. The summed E-state index contributed by atoms with van der Waals surface area (Å²) in [6.07, 6.45) is 1.85. The van der Waals surface area contributed by atoms with Gasteiger partial charge in [0, 0.05) is 30.5 Å². The number of benzene rings is 2. The molecule has 0 aliphatic carbocycles. The van der Waals surface area contributed by atoms with Crippen molar-refractivity contribution in [1.82, 2.24) is 5.32 Å². The standard InChI is InChI=1S/C19H19NO2.ClH/c1-21-18-11-14(9-13-5-3-2-4-6-13)10-15-16-12-20-8-7-17(16)22-19(15)18;/h2-6,10-11,20H,7-9,12H2,1H3;1H. The van der Waals surface area contributed by atoms with E-state index in [0.29, 0.717) is 0 Å². The molecule has 0 saturated heterocycles. The van der Waals surface area contributed by atoms with Crippen molar-refractivity contribution in [2.24, 2.45) is 0 Å². The van der Waals surface area contributed by atoms with Crippen molar-refractivity contribution in [3.63, 3.8) is 0 Å². The zero-order chi connectivity index (χ0) is 14.9. The zero-order valence-corrected chi connectivity index (χ0v) is 13.9. The predicted molar refractivity (Wildman–Crippen MR) is 94.7 cm³/mol. The van der Waals surface area contributed by atoms with Gasteiger partial charge in [-0.3, -0.25) is 0 Å². The summed E-state index contributed by atoms with van der Waals surface area (Å²) < 4.78 is 11.6. The minimum Gasteiger partial charge on any atom is -0.493 e. The number of halogens is 1. The molecule has 0 amide bonds. The summed E-state index contributed by atoms with van der Waals surface area (Å²) in [5.41, 5.74) is 4.73. The molecule has 1 aliphatic rings. The number of nitrogens with one attached hydrogen (secondary N) is 1. The van der Waals surface area contributed by atoms with E-state index in [9.17, 15) is 0 Å². The maximum absolute atomic E-state index is 6.05. The molecule has 120 valence electrons. The lowest BCUT2D eigenvalue weighted by atomic mass is 10.00. The highest BCUT2D eigenvalue weighted by Crippen LogP contribution is 2.36. The van der Waals surface area contributed by atoms with Crippen molar-refractivity contribution < 1.29 is 9.15 Å². The maximum Gasteiger partial charge on any atom is 0.176 e. The fourth-order valence-corrected chi connectivity index (χ4v) is 3.22. The Kier molecular flexibility index (Phi) is 4.60. The SMILES string of the molecule is COc1cc(Cc2ccccc2)cc2c3c(oc12)CCNC3.Cl. The van der Waals surface area contributed by atoms with Crippen molar-refractivity contribution >= 4 is 23.4 Å². The van der Waals surface area contributed by atoms with Gasteiger partial charge in [0.2, 0.25) is 0 Å². The Hall–Kier alpha value is -1.97.